The molecular weight excluding hydrogens is 142 g/mol. The molecule has 1 aliphatic rings. The Bertz CT molecular complexity index is 102. The predicted molar refractivity (Wildman–Crippen MR) is 43.3 cm³/mol. The molecule has 0 unspecified atom stereocenters. The number of rotatable bonds is 5. The van der Waals surface area contributed by atoms with E-state index in [2.05, 4.69) is 5.32 Å². The van der Waals surface area contributed by atoms with Crippen LogP contribution >= 0.6 is 0 Å². The molecule has 1 rings (SSSR count). The van der Waals surface area contributed by atoms with Crippen molar-refractivity contribution in [1.82, 2.24) is 5.32 Å². The van der Waals surface area contributed by atoms with E-state index in [1.807, 2.05) is 0 Å². The van der Waals surface area contributed by atoms with E-state index in [0.717, 1.165) is 32.4 Å². The Labute approximate surface area is 67.4 Å². The summed E-state index contributed by atoms with van der Waals surface area (Å²) >= 11 is 0. The third kappa shape index (κ3) is 3.18. The van der Waals surface area contributed by atoms with Crippen molar-refractivity contribution < 1.29 is 10.2 Å². The average molecular weight is 159 g/mol. The highest BCUT2D eigenvalue weighted by Crippen LogP contribution is 2.25. The summed E-state index contributed by atoms with van der Waals surface area (Å²) in [5.74, 6) is 0.670. The van der Waals surface area contributed by atoms with Crippen LogP contribution in [0.15, 0.2) is 0 Å². The molecule has 1 aliphatic carbocycles. The Morgan fingerprint density at radius 2 is 2.09 bits per heavy atom. The van der Waals surface area contributed by atoms with Crippen LogP contribution in [0.4, 0.5) is 0 Å². The minimum Gasteiger partial charge on any atom is -0.396 e. The monoisotopic (exact) mass is 159 g/mol. The first kappa shape index (κ1) is 8.97. The largest absolute Gasteiger partial charge is 0.396 e. The molecule has 11 heavy (non-hydrogen) atoms. The summed E-state index contributed by atoms with van der Waals surface area (Å²) in [5, 5.41) is 20.7. The maximum Gasteiger partial charge on any atom is 0.0546 e. The summed E-state index contributed by atoms with van der Waals surface area (Å²) in [7, 11) is 0. The number of aliphatic hydroxyl groups is 2. The van der Waals surface area contributed by atoms with Crippen molar-refractivity contribution in [2.75, 3.05) is 19.7 Å². The Morgan fingerprint density at radius 3 is 2.64 bits per heavy atom. The SMILES string of the molecule is OCCCNCC1CC(O)C1. The predicted octanol–water partition coefficient (Wildman–Crippen LogP) is -0.271. The molecule has 3 nitrogen and oxygen atoms in total. The molecule has 0 aromatic rings. The summed E-state index contributed by atoms with van der Waals surface area (Å²) in [6.07, 6.45) is 2.69. The van der Waals surface area contributed by atoms with Gasteiger partial charge in [0, 0.05) is 6.61 Å². The minimum atomic E-state index is -0.0420. The van der Waals surface area contributed by atoms with E-state index in [1.54, 1.807) is 0 Å². The lowest BCUT2D eigenvalue weighted by atomic mass is 9.82. The van der Waals surface area contributed by atoms with E-state index >= 15 is 0 Å². The fourth-order valence-electron chi connectivity index (χ4n) is 1.38. The summed E-state index contributed by atoms with van der Waals surface area (Å²) in [6.45, 7) is 2.15. The molecule has 0 saturated heterocycles. The van der Waals surface area contributed by atoms with E-state index in [9.17, 15) is 0 Å². The fraction of sp³-hybridized carbons (Fsp3) is 1.00. The fourth-order valence-corrected chi connectivity index (χ4v) is 1.38. The smallest absolute Gasteiger partial charge is 0.0546 e. The van der Waals surface area contributed by atoms with Gasteiger partial charge in [-0.15, -0.1) is 0 Å². The number of hydrogen-bond donors (Lipinski definition) is 3. The second kappa shape index (κ2) is 4.70. The van der Waals surface area contributed by atoms with E-state index in [0.29, 0.717) is 5.92 Å². The minimum absolute atomic E-state index is 0.0420. The number of aliphatic hydroxyl groups excluding tert-OH is 2. The van der Waals surface area contributed by atoms with Crippen LogP contribution < -0.4 is 5.32 Å². The molecule has 0 bridgehead atoms. The van der Waals surface area contributed by atoms with Crippen LogP contribution in [0.2, 0.25) is 0 Å². The van der Waals surface area contributed by atoms with Crippen LogP contribution in [0.5, 0.6) is 0 Å². The van der Waals surface area contributed by atoms with E-state index in [1.165, 1.54) is 0 Å². The number of hydrogen-bond acceptors (Lipinski definition) is 3. The van der Waals surface area contributed by atoms with Crippen LogP contribution in [0, 0.1) is 5.92 Å². The maximum absolute atomic E-state index is 8.95. The van der Waals surface area contributed by atoms with Crippen molar-refractivity contribution >= 4 is 0 Å². The molecular formula is C8H17NO2. The summed E-state index contributed by atoms with van der Waals surface area (Å²) < 4.78 is 0. The first-order valence-electron chi connectivity index (χ1n) is 4.32. The summed E-state index contributed by atoms with van der Waals surface area (Å²) in [4.78, 5) is 0. The third-order valence-corrected chi connectivity index (χ3v) is 2.16. The summed E-state index contributed by atoms with van der Waals surface area (Å²) in [6, 6.07) is 0. The molecule has 3 heteroatoms. The quantitative estimate of drug-likeness (QED) is 0.484. The van der Waals surface area contributed by atoms with Gasteiger partial charge in [0.15, 0.2) is 0 Å². The number of nitrogens with one attached hydrogen (secondary N) is 1. The van der Waals surface area contributed by atoms with Crippen molar-refractivity contribution in [3.05, 3.63) is 0 Å². The first-order chi connectivity index (χ1) is 5.33. The van der Waals surface area contributed by atoms with Gasteiger partial charge in [-0.05, 0) is 38.3 Å². The third-order valence-electron chi connectivity index (χ3n) is 2.16. The van der Waals surface area contributed by atoms with Crippen molar-refractivity contribution in [2.45, 2.75) is 25.4 Å². The molecule has 0 amide bonds. The van der Waals surface area contributed by atoms with Gasteiger partial charge in [0.05, 0.1) is 6.10 Å². The van der Waals surface area contributed by atoms with Gasteiger partial charge >= 0.3 is 0 Å². The molecule has 1 fully saturated rings. The van der Waals surface area contributed by atoms with Gasteiger partial charge in [-0.3, -0.25) is 0 Å². The van der Waals surface area contributed by atoms with Gasteiger partial charge in [0.25, 0.3) is 0 Å². The second-order valence-electron chi connectivity index (χ2n) is 3.27. The highest BCUT2D eigenvalue weighted by atomic mass is 16.3. The molecule has 0 aromatic carbocycles. The van der Waals surface area contributed by atoms with Gasteiger partial charge in [-0.25, -0.2) is 0 Å². The summed E-state index contributed by atoms with van der Waals surface area (Å²) in [5.41, 5.74) is 0. The molecule has 0 aromatic heterocycles. The molecule has 0 radical (unpaired) electrons. The zero-order valence-electron chi connectivity index (χ0n) is 6.79. The van der Waals surface area contributed by atoms with Gasteiger partial charge < -0.3 is 15.5 Å². The maximum atomic E-state index is 8.95. The molecule has 3 N–H and O–H groups in total. The molecule has 0 heterocycles. The standard InChI is InChI=1S/C8H17NO2/c10-3-1-2-9-6-7-4-8(11)5-7/h7-11H,1-6H2. The van der Waals surface area contributed by atoms with Crippen LogP contribution in [0.3, 0.4) is 0 Å². The topological polar surface area (TPSA) is 52.5 Å². The van der Waals surface area contributed by atoms with Crippen LogP contribution in [0.1, 0.15) is 19.3 Å². The lowest BCUT2D eigenvalue weighted by Gasteiger charge is -2.31. The second-order valence-corrected chi connectivity index (χ2v) is 3.27. The molecule has 0 atom stereocenters. The average Bonchev–Trinajstić information content (AvgIpc) is 1.94. The zero-order valence-corrected chi connectivity index (χ0v) is 6.79. The molecule has 0 aliphatic heterocycles. The normalized spacial score (nSPS) is 30.0. The van der Waals surface area contributed by atoms with Crippen molar-refractivity contribution in [3.63, 3.8) is 0 Å². The van der Waals surface area contributed by atoms with Crippen molar-refractivity contribution in [3.8, 4) is 0 Å². The highest BCUT2D eigenvalue weighted by Gasteiger charge is 2.26. The van der Waals surface area contributed by atoms with Gasteiger partial charge in [-0.2, -0.15) is 0 Å². The van der Waals surface area contributed by atoms with Gasteiger partial charge in [0.1, 0.15) is 0 Å². The van der Waals surface area contributed by atoms with E-state index in [4.69, 9.17) is 10.2 Å². The lowest BCUT2D eigenvalue weighted by molar-refractivity contribution is 0.0430. The van der Waals surface area contributed by atoms with Crippen LogP contribution in [0.25, 0.3) is 0 Å². The van der Waals surface area contributed by atoms with Crippen molar-refractivity contribution in [1.29, 1.82) is 0 Å². The molecule has 0 spiro atoms. The Hall–Kier alpha value is -0.120. The first-order valence-corrected chi connectivity index (χ1v) is 4.32. The Balaban J connectivity index is 1.81. The van der Waals surface area contributed by atoms with E-state index < -0.39 is 0 Å². The van der Waals surface area contributed by atoms with E-state index in [-0.39, 0.29) is 12.7 Å². The highest BCUT2D eigenvalue weighted by molar-refractivity contribution is 4.79. The zero-order chi connectivity index (χ0) is 8.10. The Morgan fingerprint density at radius 1 is 1.36 bits per heavy atom. The van der Waals surface area contributed by atoms with Crippen molar-refractivity contribution in [2.24, 2.45) is 5.92 Å². The molecule has 66 valence electrons. The van der Waals surface area contributed by atoms with Crippen LogP contribution in [-0.2, 0) is 0 Å². The molecule has 1 saturated carbocycles. The van der Waals surface area contributed by atoms with Gasteiger partial charge in [-0.1, -0.05) is 0 Å². The van der Waals surface area contributed by atoms with Gasteiger partial charge in [0.2, 0.25) is 0 Å². The Kier molecular flexibility index (Phi) is 3.83. The lowest BCUT2D eigenvalue weighted by Crippen LogP contribution is -2.36. The van der Waals surface area contributed by atoms with Crippen LogP contribution in [-0.4, -0.2) is 36.0 Å².